The van der Waals surface area contributed by atoms with Crippen LogP contribution in [-0.2, 0) is 6.54 Å². The molecular weight excluding hydrogens is 148 g/mol. The van der Waals surface area contributed by atoms with Crippen LogP contribution in [0.3, 0.4) is 0 Å². The molecule has 1 heterocycles. The molecule has 0 aliphatic rings. The Kier molecular flexibility index (Phi) is 1.50. The van der Waals surface area contributed by atoms with E-state index in [4.69, 9.17) is 0 Å². The third-order valence-corrected chi connectivity index (χ3v) is 2.47. The van der Waals surface area contributed by atoms with E-state index >= 15 is 0 Å². The number of aromatic nitrogens is 2. The maximum atomic E-state index is 3.27. The van der Waals surface area contributed by atoms with Gasteiger partial charge in [-0.1, -0.05) is 0 Å². The third kappa shape index (κ3) is 0.876. The number of nitrogens with one attached hydrogen (secondary N) is 1. The average Bonchev–Trinajstić information content (AvgIpc) is 2.04. The molecule has 0 spiro atoms. The van der Waals surface area contributed by atoms with Crippen LogP contribution < -0.4 is 0 Å². The first kappa shape index (κ1) is 7.47. The molecule has 0 saturated carbocycles. The lowest BCUT2D eigenvalue weighted by molar-refractivity contribution is 0.657. The van der Waals surface area contributed by atoms with E-state index in [0.29, 0.717) is 0 Å². The lowest BCUT2D eigenvalue weighted by Crippen LogP contribution is -2.09. The van der Waals surface area contributed by atoms with Crippen LogP contribution >= 0.6 is 0 Å². The van der Waals surface area contributed by atoms with Crippen molar-refractivity contribution in [2.75, 3.05) is 0 Å². The van der Waals surface area contributed by atoms with Gasteiger partial charge in [0.05, 0.1) is 11.0 Å². The van der Waals surface area contributed by atoms with Crippen LogP contribution in [-0.4, -0.2) is 9.78 Å². The fourth-order valence-corrected chi connectivity index (χ4v) is 1.52. The second-order valence-corrected chi connectivity index (χ2v) is 3.31. The molecule has 0 atom stereocenters. The summed E-state index contributed by atoms with van der Waals surface area (Å²) >= 11 is 0. The topological polar surface area (TPSA) is 20.7 Å². The average molecular weight is 164 g/mol. The summed E-state index contributed by atoms with van der Waals surface area (Å²) in [6.45, 7) is 7.47. The molecule has 0 saturated heterocycles. The molecule has 2 rings (SSSR count). The van der Waals surface area contributed by atoms with Gasteiger partial charge in [0.2, 0.25) is 0 Å². The van der Waals surface area contributed by atoms with Crippen LogP contribution in [0.4, 0.5) is 0 Å². The zero-order valence-electron chi connectivity index (χ0n) is 7.81. The van der Waals surface area contributed by atoms with Crippen molar-refractivity contribution >= 4 is 11.0 Å². The number of aryl methyl sites for hydroxylation is 3. The molecule has 0 bridgehead atoms. The van der Waals surface area contributed by atoms with E-state index in [1.807, 2.05) is 0 Å². The summed E-state index contributed by atoms with van der Waals surface area (Å²) in [7, 11) is 0. The molecule has 0 amide bonds. The van der Waals surface area contributed by atoms with Gasteiger partial charge in [0.15, 0.2) is 0 Å². The van der Waals surface area contributed by atoms with Crippen LogP contribution in [0.2, 0.25) is 0 Å². The maximum Gasteiger partial charge on any atom is 0.0824 e. The van der Waals surface area contributed by atoms with E-state index in [2.05, 4.69) is 42.7 Å². The van der Waals surface area contributed by atoms with Crippen molar-refractivity contribution < 1.29 is 1.43 Å². The fraction of sp³-hybridized carbons (Fsp3) is 0.400. The molecule has 0 aliphatic heterocycles. The number of aromatic amines is 1. The lowest BCUT2D eigenvalue weighted by Gasteiger charge is -2.16. The molecule has 1 aromatic carbocycles. The van der Waals surface area contributed by atoms with Crippen molar-refractivity contribution in [3.05, 3.63) is 23.3 Å². The Bertz CT molecular complexity index is 412. The third-order valence-electron chi connectivity index (χ3n) is 2.47. The molecular formula is C10H16N2. The molecule has 0 radical (unpaired) electrons. The second-order valence-electron chi connectivity index (χ2n) is 3.31. The van der Waals surface area contributed by atoms with Crippen molar-refractivity contribution in [1.82, 2.24) is 9.78 Å². The van der Waals surface area contributed by atoms with Crippen LogP contribution in [0.25, 0.3) is 11.0 Å². The lowest BCUT2D eigenvalue weighted by atomic mass is 10.1. The molecule has 2 heteroatoms. The van der Waals surface area contributed by atoms with E-state index in [9.17, 15) is 0 Å². The summed E-state index contributed by atoms with van der Waals surface area (Å²) in [6.07, 6.45) is 0. The standard InChI is InChI=1S/C10H14N2.H2/c1-4-12-10-6-8(3)7(2)5-9(10)11-12;/h5-6,11H,4H2,1-3H3;1H. The Morgan fingerprint density at radius 1 is 1.33 bits per heavy atom. The number of nitrogens with zero attached hydrogens (tertiary/aromatic N) is 1. The predicted molar refractivity (Wildman–Crippen MR) is 53.6 cm³/mol. The highest BCUT2D eigenvalue weighted by Gasteiger charge is 2.04. The highest BCUT2D eigenvalue weighted by atomic mass is 15.3. The van der Waals surface area contributed by atoms with Crippen molar-refractivity contribution in [2.24, 2.45) is 0 Å². The van der Waals surface area contributed by atoms with Gasteiger partial charge < -0.3 is 0 Å². The molecule has 0 fully saturated rings. The molecule has 0 aliphatic carbocycles. The first-order valence-electron chi connectivity index (χ1n) is 4.38. The number of hydrogen-bond acceptors (Lipinski definition) is 0. The zero-order valence-corrected chi connectivity index (χ0v) is 7.81. The van der Waals surface area contributed by atoms with Gasteiger partial charge in [-0.05, 0) is 44.0 Å². The molecule has 2 nitrogen and oxygen atoms in total. The van der Waals surface area contributed by atoms with Crippen molar-refractivity contribution in [1.29, 1.82) is 0 Å². The van der Waals surface area contributed by atoms with Gasteiger partial charge in [0.25, 0.3) is 0 Å². The van der Waals surface area contributed by atoms with Gasteiger partial charge >= 0.3 is 0 Å². The van der Waals surface area contributed by atoms with Crippen molar-refractivity contribution in [3.63, 3.8) is 0 Å². The number of H-pyrrole nitrogens is 1. The van der Waals surface area contributed by atoms with Crippen molar-refractivity contribution in [3.8, 4) is 0 Å². The molecule has 2 aromatic rings. The molecule has 12 heavy (non-hydrogen) atoms. The number of rotatable bonds is 1. The second kappa shape index (κ2) is 2.41. The van der Waals surface area contributed by atoms with Gasteiger partial charge in [-0.15, -0.1) is 0 Å². The van der Waals surface area contributed by atoms with E-state index in [1.165, 1.54) is 22.2 Å². The van der Waals surface area contributed by atoms with Gasteiger partial charge in [0.1, 0.15) is 0 Å². The Morgan fingerprint density at radius 3 is 2.67 bits per heavy atom. The summed E-state index contributed by atoms with van der Waals surface area (Å²) in [5, 5.41) is 3.27. The van der Waals surface area contributed by atoms with Crippen LogP contribution in [0.5, 0.6) is 0 Å². The first-order valence-corrected chi connectivity index (χ1v) is 4.38. The Balaban J connectivity index is 0.000000845. The predicted octanol–water partition coefficient (Wildman–Crippen LogP) is 2.85. The van der Waals surface area contributed by atoms with E-state index < -0.39 is 0 Å². The summed E-state index contributed by atoms with van der Waals surface area (Å²) in [4.78, 5) is 0. The normalized spacial score (nSPS) is 11.2. The number of hydrogen-bond donors (Lipinski definition) is 1. The van der Waals surface area contributed by atoms with Gasteiger partial charge in [-0.2, -0.15) is 0 Å². The largest absolute Gasteiger partial charge is 0.296 e. The summed E-state index contributed by atoms with van der Waals surface area (Å²) in [5.74, 6) is 0. The molecule has 0 unspecified atom stereocenters. The highest BCUT2D eigenvalue weighted by molar-refractivity contribution is 5.78. The summed E-state index contributed by atoms with van der Waals surface area (Å²) in [6, 6.07) is 4.45. The smallest absolute Gasteiger partial charge is 0.0824 e. The van der Waals surface area contributed by atoms with E-state index in [-0.39, 0.29) is 1.43 Å². The monoisotopic (exact) mass is 164 g/mol. The quantitative estimate of drug-likeness (QED) is 0.669. The van der Waals surface area contributed by atoms with Crippen LogP contribution in [0.15, 0.2) is 12.1 Å². The minimum atomic E-state index is 0. The first-order chi connectivity index (χ1) is 5.72. The van der Waals surface area contributed by atoms with Crippen LogP contribution in [0.1, 0.15) is 19.5 Å². The summed E-state index contributed by atoms with van der Waals surface area (Å²) in [5.41, 5.74) is 5.33. The molecule has 1 aromatic heterocycles. The Hall–Kier alpha value is -1.18. The number of fused-ring (bicyclic) bond motifs is 1. The van der Waals surface area contributed by atoms with Gasteiger partial charge in [0, 0.05) is 7.97 Å². The van der Waals surface area contributed by atoms with Crippen LogP contribution in [0, 0.1) is 13.8 Å². The number of benzene rings is 1. The minimum absolute atomic E-state index is 0. The Morgan fingerprint density at radius 2 is 2.00 bits per heavy atom. The van der Waals surface area contributed by atoms with Gasteiger partial charge in [-0.25, -0.2) is 0 Å². The van der Waals surface area contributed by atoms with E-state index in [0.717, 1.165) is 6.54 Å². The zero-order chi connectivity index (χ0) is 8.72. The van der Waals surface area contributed by atoms with Crippen molar-refractivity contribution in [2.45, 2.75) is 27.3 Å². The SMILES string of the molecule is CCn1[nH]c2cc(C)c(C)cc21.[HH]. The molecule has 1 N–H and O–H groups in total. The maximum absolute atomic E-state index is 3.27. The Labute approximate surface area is 73.7 Å². The minimum Gasteiger partial charge on any atom is -0.296 e. The van der Waals surface area contributed by atoms with Gasteiger partial charge in [-0.3, -0.25) is 9.78 Å². The highest BCUT2D eigenvalue weighted by Crippen LogP contribution is 2.19. The fourth-order valence-electron chi connectivity index (χ4n) is 1.52. The summed E-state index contributed by atoms with van der Waals surface area (Å²) < 4.78 is 2.15. The molecule has 66 valence electrons. The van der Waals surface area contributed by atoms with E-state index in [1.54, 1.807) is 0 Å².